The average Bonchev–Trinajstić information content (AvgIpc) is 2.74. The van der Waals surface area contributed by atoms with E-state index >= 15 is 0 Å². The predicted molar refractivity (Wildman–Crippen MR) is 107 cm³/mol. The fourth-order valence-corrected chi connectivity index (χ4v) is 2.56. The van der Waals surface area contributed by atoms with Crippen molar-refractivity contribution in [2.75, 3.05) is 14.2 Å². The fourth-order valence-electron chi connectivity index (χ4n) is 2.56. The lowest BCUT2D eigenvalue weighted by Crippen LogP contribution is -2.06. The number of ether oxygens (including phenoxy) is 4. The molecule has 7 heteroatoms. The number of esters is 1. The zero-order valence-electron chi connectivity index (χ0n) is 16.3. The van der Waals surface area contributed by atoms with Crippen LogP contribution in [0.25, 0.3) is 5.57 Å². The molecule has 0 aliphatic carbocycles. The molecule has 2 aromatic carbocycles. The maximum Gasteiger partial charge on any atom is 0.341 e. The third kappa shape index (κ3) is 4.90. The van der Waals surface area contributed by atoms with Crippen LogP contribution in [0, 0.1) is 6.92 Å². The molecule has 3 aromatic rings. The molecule has 3 rings (SSSR count). The van der Waals surface area contributed by atoms with Crippen molar-refractivity contribution < 1.29 is 23.7 Å². The highest BCUT2D eigenvalue weighted by molar-refractivity contribution is 6.17. The Morgan fingerprint density at radius 2 is 1.52 bits per heavy atom. The summed E-state index contributed by atoms with van der Waals surface area (Å²) in [6.45, 7) is 1.95. The Hall–Kier alpha value is -3.87. The number of hydrogen-bond acceptors (Lipinski definition) is 7. The first-order valence-electron chi connectivity index (χ1n) is 8.76. The van der Waals surface area contributed by atoms with Gasteiger partial charge < -0.3 is 18.9 Å². The van der Waals surface area contributed by atoms with Gasteiger partial charge in [-0.2, -0.15) is 0 Å². The molecule has 0 saturated carbocycles. The first-order chi connectivity index (χ1) is 14.1. The molecule has 0 fully saturated rings. The van der Waals surface area contributed by atoms with E-state index in [0.717, 1.165) is 5.56 Å². The molecule has 1 heterocycles. The molecule has 0 unspecified atom stereocenters. The molecule has 0 radical (unpaired) electrons. The molecule has 7 nitrogen and oxygen atoms in total. The molecule has 0 saturated heterocycles. The van der Waals surface area contributed by atoms with Gasteiger partial charge in [-0.3, -0.25) is 0 Å². The minimum Gasteiger partial charge on any atom is -0.503 e. The molecule has 1 aromatic heterocycles. The van der Waals surface area contributed by atoms with Crippen molar-refractivity contribution in [3.05, 3.63) is 78.3 Å². The summed E-state index contributed by atoms with van der Waals surface area (Å²) in [6.07, 6.45) is 2.65. The Balaban J connectivity index is 1.89. The second-order valence-electron chi connectivity index (χ2n) is 5.92. The summed E-state index contributed by atoms with van der Waals surface area (Å²) in [6, 6.07) is 16.2. The van der Waals surface area contributed by atoms with Gasteiger partial charge in [-0.05, 0) is 24.6 Å². The van der Waals surface area contributed by atoms with Gasteiger partial charge in [-0.25, -0.2) is 14.8 Å². The monoisotopic (exact) mass is 392 g/mol. The topological polar surface area (TPSA) is 79.8 Å². The van der Waals surface area contributed by atoms with Crippen LogP contribution in [-0.4, -0.2) is 30.2 Å². The van der Waals surface area contributed by atoms with Gasteiger partial charge in [0.05, 0.1) is 26.5 Å². The highest BCUT2D eigenvalue weighted by Gasteiger charge is 2.18. The van der Waals surface area contributed by atoms with Crippen LogP contribution in [0.1, 0.15) is 11.1 Å². The van der Waals surface area contributed by atoms with Gasteiger partial charge in [0, 0.05) is 5.56 Å². The van der Waals surface area contributed by atoms with E-state index < -0.39 is 5.97 Å². The van der Waals surface area contributed by atoms with Crippen LogP contribution in [0.4, 0.5) is 0 Å². The summed E-state index contributed by atoms with van der Waals surface area (Å²) in [7, 11) is 2.75. The first-order valence-corrected chi connectivity index (χ1v) is 8.76. The van der Waals surface area contributed by atoms with Crippen molar-refractivity contribution in [3.63, 3.8) is 0 Å². The van der Waals surface area contributed by atoms with Crippen LogP contribution in [0.3, 0.4) is 0 Å². The zero-order valence-corrected chi connectivity index (χ0v) is 16.3. The van der Waals surface area contributed by atoms with Crippen molar-refractivity contribution in [1.29, 1.82) is 0 Å². The highest BCUT2D eigenvalue weighted by atomic mass is 16.5. The second-order valence-corrected chi connectivity index (χ2v) is 5.92. The van der Waals surface area contributed by atoms with E-state index in [1.165, 1.54) is 26.8 Å². The van der Waals surface area contributed by atoms with E-state index in [4.69, 9.17) is 18.9 Å². The second kappa shape index (κ2) is 9.36. The van der Waals surface area contributed by atoms with E-state index in [2.05, 4.69) is 9.97 Å². The number of benzene rings is 2. The lowest BCUT2D eigenvalue weighted by Gasteiger charge is -2.13. The van der Waals surface area contributed by atoms with Crippen molar-refractivity contribution in [3.8, 4) is 23.3 Å². The van der Waals surface area contributed by atoms with E-state index in [1.54, 1.807) is 30.3 Å². The van der Waals surface area contributed by atoms with Gasteiger partial charge in [-0.15, -0.1) is 0 Å². The SMILES string of the molecule is COC=C(C(=O)OC)c1ccccc1Oc1cc(Oc2ccccc2C)ncn1. The molecule has 0 spiro atoms. The number of nitrogens with zero attached hydrogens (tertiary/aromatic N) is 2. The standard InChI is InChI=1S/C22H20N2O5/c1-15-8-4-6-10-18(15)28-20-12-21(24-14-23-20)29-19-11-7-5-9-16(19)17(13-26-2)22(25)27-3/h4-14H,1-3H3. The number of methoxy groups -OCH3 is 2. The normalized spacial score (nSPS) is 10.9. The van der Waals surface area contributed by atoms with Crippen molar-refractivity contribution in [2.45, 2.75) is 6.92 Å². The molecule has 148 valence electrons. The summed E-state index contributed by atoms with van der Waals surface area (Å²) in [5.74, 6) is 1.14. The Kier molecular flexibility index (Phi) is 6.42. The molecule has 29 heavy (non-hydrogen) atoms. The van der Waals surface area contributed by atoms with Gasteiger partial charge in [0.2, 0.25) is 11.8 Å². The molecule has 0 aliphatic rings. The largest absolute Gasteiger partial charge is 0.503 e. The van der Waals surface area contributed by atoms with Crippen LogP contribution >= 0.6 is 0 Å². The molecular weight excluding hydrogens is 372 g/mol. The third-order valence-electron chi connectivity index (χ3n) is 3.96. The van der Waals surface area contributed by atoms with Gasteiger partial charge in [0.25, 0.3) is 0 Å². The number of hydrogen-bond donors (Lipinski definition) is 0. The third-order valence-corrected chi connectivity index (χ3v) is 3.96. The van der Waals surface area contributed by atoms with E-state index in [1.807, 2.05) is 31.2 Å². The number of rotatable bonds is 7. The van der Waals surface area contributed by atoms with E-state index in [0.29, 0.717) is 22.9 Å². The molecular formula is C22H20N2O5. The van der Waals surface area contributed by atoms with Crippen LogP contribution in [0.5, 0.6) is 23.3 Å². The van der Waals surface area contributed by atoms with Gasteiger partial charge in [0.1, 0.15) is 23.4 Å². The smallest absolute Gasteiger partial charge is 0.341 e. The summed E-state index contributed by atoms with van der Waals surface area (Å²) in [5.41, 5.74) is 1.70. The van der Waals surface area contributed by atoms with Crippen molar-refractivity contribution in [1.82, 2.24) is 9.97 Å². The number of aryl methyl sites for hydroxylation is 1. The van der Waals surface area contributed by atoms with E-state index in [-0.39, 0.29) is 11.5 Å². The summed E-state index contributed by atoms with van der Waals surface area (Å²) in [4.78, 5) is 20.4. The zero-order chi connectivity index (χ0) is 20.6. The number of aromatic nitrogens is 2. The van der Waals surface area contributed by atoms with E-state index in [9.17, 15) is 4.79 Å². The lowest BCUT2D eigenvalue weighted by molar-refractivity contribution is -0.133. The highest BCUT2D eigenvalue weighted by Crippen LogP contribution is 2.32. The minimum absolute atomic E-state index is 0.219. The van der Waals surface area contributed by atoms with Crippen molar-refractivity contribution >= 4 is 11.5 Å². The van der Waals surface area contributed by atoms with Gasteiger partial charge >= 0.3 is 5.97 Å². The Bertz CT molecular complexity index is 1030. The molecule has 0 bridgehead atoms. The average molecular weight is 392 g/mol. The molecule has 0 atom stereocenters. The number of para-hydroxylation sites is 2. The number of carbonyl (C=O) groups is 1. The van der Waals surface area contributed by atoms with Crippen LogP contribution in [-0.2, 0) is 14.3 Å². The summed E-state index contributed by atoms with van der Waals surface area (Å²) >= 11 is 0. The van der Waals surface area contributed by atoms with Gasteiger partial charge in [0.15, 0.2) is 0 Å². The van der Waals surface area contributed by atoms with Crippen LogP contribution < -0.4 is 9.47 Å². The molecule has 0 amide bonds. The first kappa shape index (κ1) is 19.9. The van der Waals surface area contributed by atoms with Crippen LogP contribution in [0.15, 0.2) is 67.2 Å². The molecule has 0 N–H and O–H groups in total. The summed E-state index contributed by atoms with van der Waals surface area (Å²) < 4.78 is 21.6. The van der Waals surface area contributed by atoms with Crippen molar-refractivity contribution in [2.24, 2.45) is 0 Å². The van der Waals surface area contributed by atoms with Gasteiger partial charge in [-0.1, -0.05) is 36.4 Å². The Morgan fingerprint density at radius 1 is 0.897 bits per heavy atom. The number of carbonyl (C=O) groups excluding carboxylic acids is 1. The molecule has 0 aliphatic heterocycles. The maximum absolute atomic E-state index is 12.1. The lowest BCUT2D eigenvalue weighted by atomic mass is 10.1. The Labute approximate surface area is 168 Å². The van der Waals surface area contributed by atoms with Crippen LogP contribution in [0.2, 0.25) is 0 Å². The quantitative estimate of drug-likeness (QED) is 0.332. The fraction of sp³-hybridized carbons (Fsp3) is 0.136. The summed E-state index contributed by atoms with van der Waals surface area (Å²) in [5, 5.41) is 0. The maximum atomic E-state index is 12.1. The minimum atomic E-state index is -0.547. The Morgan fingerprint density at radius 3 is 2.17 bits per heavy atom. The predicted octanol–water partition coefficient (Wildman–Crippen LogP) is 4.53.